The molecular weight excluding hydrogens is 706 g/mol. The van der Waals surface area contributed by atoms with Gasteiger partial charge in [0.25, 0.3) is 0 Å². The molecule has 3 rings (SSSR count). The second kappa shape index (κ2) is 22.7. The lowest BCUT2D eigenvalue weighted by molar-refractivity contribution is -0.189. The number of allylic oxidation sites excluding steroid dienone is 4. The molecule has 0 spiro atoms. The lowest BCUT2D eigenvalue weighted by Gasteiger charge is -2.38. The Balaban J connectivity index is 1.74. The molecular formula is C43H69NO11. The third-order valence-corrected chi connectivity index (χ3v) is 11.9. The highest BCUT2D eigenvalue weighted by Gasteiger charge is 2.41. The van der Waals surface area contributed by atoms with Gasteiger partial charge < -0.3 is 38.8 Å². The number of carbonyl (C=O) groups excluding carboxylic acids is 4. The average molecular weight is 776 g/mol. The van der Waals surface area contributed by atoms with E-state index in [1.54, 1.807) is 34.3 Å². The monoisotopic (exact) mass is 775 g/mol. The number of aliphatic hydroxyl groups excluding tert-OH is 2. The molecule has 2 N–H and O–H groups in total. The van der Waals surface area contributed by atoms with Crippen LogP contribution in [-0.2, 0) is 42.9 Å². The SMILES string of the molecule is C=CC[C@H](/C=C(\C)C[C@H](C)C[C@H](OC)[C@H]1OC(=O)[C@H](C)C[C@@H]1OC)C(=O)C[C@H](O)[C@@H](C)[C@H](OC(=O)[C@@H]1CCCCN1C=O)/C(C)=C/[C@@H]1CC[C@@H](O)[C@H](OC)C1. The molecule has 55 heavy (non-hydrogen) atoms. The number of amides is 1. The fourth-order valence-electron chi connectivity index (χ4n) is 8.64. The van der Waals surface area contributed by atoms with Gasteiger partial charge in [0.05, 0.1) is 36.4 Å². The summed E-state index contributed by atoms with van der Waals surface area (Å²) in [6.45, 7) is 13.9. The van der Waals surface area contributed by atoms with Gasteiger partial charge >= 0.3 is 11.9 Å². The quantitative estimate of drug-likeness (QED) is 0.0859. The van der Waals surface area contributed by atoms with Crippen LogP contribution in [0.5, 0.6) is 0 Å². The first-order valence-corrected chi connectivity index (χ1v) is 20.2. The number of hydrogen-bond acceptors (Lipinski definition) is 11. The van der Waals surface area contributed by atoms with E-state index in [9.17, 15) is 29.4 Å². The van der Waals surface area contributed by atoms with E-state index in [1.807, 2.05) is 32.9 Å². The normalized spacial score (nSPS) is 30.0. The van der Waals surface area contributed by atoms with Gasteiger partial charge in [-0.05, 0) is 95.5 Å². The van der Waals surface area contributed by atoms with Crippen molar-refractivity contribution in [3.8, 4) is 0 Å². The van der Waals surface area contributed by atoms with Gasteiger partial charge in [0.15, 0.2) is 6.10 Å². The molecule has 1 saturated carbocycles. The smallest absolute Gasteiger partial charge is 0.329 e. The molecule has 1 aliphatic carbocycles. The maximum atomic E-state index is 13.8. The molecule has 13 atom stereocenters. The van der Waals surface area contributed by atoms with Crippen molar-refractivity contribution in [1.82, 2.24) is 4.90 Å². The van der Waals surface area contributed by atoms with Gasteiger partial charge in [-0.25, -0.2) is 4.79 Å². The lowest BCUT2D eigenvalue weighted by Crippen LogP contribution is -2.49. The second-order valence-electron chi connectivity index (χ2n) is 16.4. The molecule has 12 heteroatoms. The van der Waals surface area contributed by atoms with Gasteiger partial charge in [-0.3, -0.25) is 14.4 Å². The predicted molar refractivity (Wildman–Crippen MR) is 209 cm³/mol. The van der Waals surface area contributed by atoms with Crippen molar-refractivity contribution in [2.24, 2.45) is 29.6 Å². The number of aliphatic hydroxyl groups is 2. The van der Waals surface area contributed by atoms with Gasteiger partial charge in [0.2, 0.25) is 6.41 Å². The number of Topliss-reactive ketones (excluding diaryl/α,β-unsaturated/α-hetero) is 1. The molecule has 1 amide bonds. The highest BCUT2D eigenvalue weighted by molar-refractivity contribution is 5.83. The lowest BCUT2D eigenvalue weighted by atomic mass is 9.81. The first-order chi connectivity index (χ1) is 26.2. The summed E-state index contributed by atoms with van der Waals surface area (Å²) >= 11 is 0. The number of rotatable bonds is 21. The molecule has 3 fully saturated rings. The summed E-state index contributed by atoms with van der Waals surface area (Å²) in [6.07, 6.45) is 8.59. The molecule has 0 aromatic rings. The van der Waals surface area contributed by atoms with Gasteiger partial charge in [-0.2, -0.15) is 0 Å². The fraction of sp³-hybridized carbons (Fsp3) is 0.767. The van der Waals surface area contributed by atoms with E-state index in [2.05, 4.69) is 13.5 Å². The molecule has 0 aromatic carbocycles. The fourth-order valence-corrected chi connectivity index (χ4v) is 8.64. The van der Waals surface area contributed by atoms with Gasteiger partial charge in [-0.15, -0.1) is 6.58 Å². The van der Waals surface area contributed by atoms with Gasteiger partial charge in [-0.1, -0.05) is 44.6 Å². The Morgan fingerprint density at radius 3 is 2.38 bits per heavy atom. The van der Waals surface area contributed by atoms with Crippen LogP contribution in [0.3, 0.4) is 0 Å². The van der Waals surface area contributed by atoms with Crippen LogP contribution in [0, 0.1) is 29.6 Å². The minimum Gasteiger partial charge on any atom is -0.457 e. The summed E-state index contributed by atoms with van der Waals surface area (Å²) in [5.41, 5.74) is 1.75. The van der Waals surface area contributed by atoms with Crippen LogP contribution in [0.25, 0.3) is 0 Å². The average Bonchev–Trinajstić information content (AvgIpc) is 3.16. The van der Waals surface area contributed by atoms with E-state index in [4.69, 9.17) is 23.7 Å². The number of hydrogen-bond donors (Lipinski definition) is 2. The number of esters is 2. The van der Waals surface area contributed by atoms with Crippen molar-refractivity contribution in [2.45, 2.75) is 154 Å². The molecule has 3 aliphatic rings. The first kappa shape index (κ1) is 46.5. The number of piperidine rings is 1. The summed E-state index contributed by atoms with van der Waals surface area (Å²) in [7, 11) is 4.81. The third-order valence-electron chi connectivity index (χ3n) is 11.9. The summed E-state index contributed by atoms with van der Waals surface area (Å²) in [5, 5.41) is 22.0. The Hall–Kier alpha value is -2.90. The molecule has 0 unspecified atom stereocenters. The minimum atomic E-state index is -1.13. The van der Waals surface area contributed by atoms with E-state index in [1.165, 1.54) is 4.90 Å². The molecule has 0 aromatic heterocycles. The van der Waals surface area contributed by atoms with Crippen molar-refractivity contribution < 1.29 is 53.1 Å². The van der Waals surface area contributed by atoms with E-state index in [0.29, 0.717) is 57.9 Å². The van der Waals surface area contributed by atoms with Crippen molar-refractivity contribution in [3.63, 3.8) is 0 Å². The number of cyclic esters (lactones) is 1. The highest BCUT2D eigenvalue weighted by Crippen LogP contribution is 2.33. The Labute approximate surface area is 329 Å². The van der Waals surface area contributed by atoms with E-state index >= 15 is 0 Å². The summed E-state index contributed by atoms with van der Waals surface area (Å²) < 4.78 is 28.9. The number of methoxy groups -OCH3 is 3. The zero-order valence-electron chi connectivity index (χ0n) is 34.5. The van der Waals surface area contributed by atoms with Crippen molar-refractivity contribution >= 4 is 24.1 Å². The molecule has 2 heterocycles. The number of ether oxygens (including phenoxy) is 5. The molecule has 0 bridgehead atoms. The molecule has 2 aliphatic heterocycles. The van der Waals surface area contributed by atoms with Crippen molar-refractivity contribution in [1.29, 1.82) is 0 Å². The topological polar surface area (TPSA) is 158 Å². The maximum Gasteiger partial charge on any atom is 0.329 e. The Bertz CT molecular complexity index is 1330. The van der Waals surface area contributed by atoms with Crippen LogP contribution in [0.2, 0.25) is 0 Å². The van der Waals surface area contributed by atoms with Crippen LogP contribution in [0.15, 0.2) is 36.0 Å². The summed E-state index contributed by atoms with van der Waals surface area (Å²) in [5.74, 6) is -2.11. The molecule has 312 valence electrons. The predicted octanol–water partition coefficient (Wildman–Crippen LogP) is 5.52. The number of carbonyl (C=O) groups is 4. The Morgan fingerprint density at radius 1 is 1.04 bits per heavy atom. The van der Waals surface area contributed by atoms with Crippen LogP contribution < -0.4 is 0 Å². The van der Waals surface area contributed by atoms with E-state index in [-0.39, 0.29) is 54.2 Å². The molecule has 0 radical (unpaired) electrons. The van der Waals surface area contributed by atoms with Gasteiger partial charge in [0.1, 0.15) is 17.9 Å². The number of likely N-dealkylation sites (tertiary alicyclic amines) is 1. The number of nitrogens with zero attached hydrogens (tertiary/aromatic N) is 1. The van der Waals surface area contributed by atoms with Gasteiger partial charge in [0, 0.05) is 46.1 Å². The number of ketones is 1. The zero-order valence-corrected chi connectivity index (χ0v) is 34.5. The maximum absolute atomic E-state index is 13.8. The van der Waals surface area contributed by atoms with E-state index in [0.717, 1.165) is 30.4 Å². The van der Waals surface area contributed by atoms with Crippen LogP contribution in [-0.4, -0.2) is 116 Å². The standard InChI is InChI=1S/C43H69NO11/c1-10-13-32(19-26(2)18-27(3)20-38(52-8)41-39(53-9)22-29(5)42(49)55-41)36(48)24-35(47)30(6)40(54-43(50)33-14-11-12-17-44(33)25-45)28(4)21-31-15-16-34(46)37(23-31)51-7/h10,19,21,25,27,29-35,37-41,46-47H,1,11-18,20,22-24H2,2-9H3/b26-19+,28-21+/t27-,29+,30+,31-,32+,33-,34+,35-,37+,38-,39-,40+,41+/m0/s1. The van der Waals surface area contributed by atoms with E-state index < -0.39 is 48.3 Å². The Kier molecular flexibility index (Phi) is 19.2. The van der Waals surface area contributed by atoms with Crippen LogP contribution in [0.4, 0.5) is 0 Å². The van der Waals surface area contributed by atoms with Crippen molar-refractivity contribution in [2.75, 3.05) is 27.9 Å². The third kappa shape index (κ3) is 13.3. The highest BCUT2D eigenvalue weighted by atomic mass is 16.6. The Morgan fingerprint density at radius 2 is 1.75 bits per heavy atom. The first-order valence-electron chi connectivity index (χ1n) is 20.2. The minimum absolute atomic E-state index is 0.0658. The van der Waals surface area contributed by atoms with Crippen LogP contribution in [0.1, 0.15) is 105 Å². The summed E-state index contributed by atoms with van der Waals surface area (Å²) in [4.78, 5) is 53.1. The van der Waals surface area contributed by atoms with Crippen molar-refractivity contribution in [3.05, 3.63) is 36.0 Å². The summed E-state index contributed by atoms with van der Waals surface area (Å²) in [6, 6.07) is -0.704. The molecule has 12 nitrogen and oxygen atoms in total. The molecule has 2 saturated heterocycles. The zero-order chi connectivity index (χ0) is 40.8. The van der Waals surface area contributed by atoms with Crippen LogP contribution >= 0.6 is 0 Å². The second-order valence-corrected chi connectivity index (χ2v) is 16.4. The largest absolute Gasteiger partial charge is 0.457 e.